The highest BCUT2D eigenvalue weighted by atomic mass is 16.5. The van der Waals surface area contributed by atoms with E-state index in [0.717, 1.165) is 22.8 Å². The molecular weight excluding hydrogens is 226 g/mol. The molecule has 0 N–H and O–H groups in total. The van der Waals surface area contributed by atoms with Gasteiger partial charge in [0, 0.05) is 25.0 Å². The van der Waals surface area contributed by atoms with Crippen molar-refractivity contribution in [2.45, 2.75) is 13.3 Å². The molecule has 0 radical (unpaired) electrons. The smallest absolute Gasteiger partial charge is 0.147 e. The average Bonchev–Trinajstić information content (AvgIpc) is 2.40. The molecule has 92 valence electrons. The third kappa shape index (κ3) is 2.91. The summed E-state index contributed by atoms with van der Waals surface area (Å²) < 4.78 is 5.33. The summed E-state index contributed by atoms with van der Waals surface area (Å²) in [4.78, 5) is 12.7. The van der Waals surface area contributed by atoms with Crippen molar-refractivity contribution in [3.63, 3.8) is 0 Å². The Morgan fingerprint density at radius 3 is 2.72 bits per heavy atom. The third-order valence-electron chi connectivity index (χ3n) is 2.52. The van der Waals surface area contributed by atoms with Gasteiger partial charge >= 0.3 is 0 Å². The molecule has 0 fully saturated rings. The largest absolute Gasteiger partial charge is 0.494 e. The molecule has 2 aromatic rings. The Labute approximate surface area is 106 Å². The van der Waals surface area contributed by atoms with Gasteiger partial charge in [0.25, 0.3) is 0 Å². The van der Waals surface area contributed by atoms with Crippen molar-refractivity contribution in [3.8, 4) is 5.75 Å². The third-order valence-corrected chi connectivity index (χ3v) is 2.52. The van der Waals surface area contributed by atoms with Crippen LogP contribution in [-0.2, 0) is 6.42 Å². The molecule has 0 saturated carbocycles. The molecule has 0 amide bonds. The lowest BCUT2D eigenvalue weighted by atomic mass is 10.2. The fraction of sp³-hybridized carbons (Fsp3) is 0.214. The SMILES string of the molecule is COc1c(C)cccc1N=CCc1ncccn1. The van der Waals surface area contributed by atoms with Crippen molar-refractivity contribution in [3.05, 3.63) is 48.0 Å². The fourth-order valence-electron chi connectivity index (χ4n) is 1.67. The van der Waals surface area contributed by atoms with E-state index < -0.39 is 0 Å². The van der Waals surface area contributed by atoms with E-state index in [1.807, 2.05) is 25.1 Å². The number of hydrogen-bond acceptors (Lipinski definition) is 4. The molecule has 0 aliphatic carbocycles. The van der Waals surface area contributed by atoms with Crippen molar-refractivity contribution in [1.29, 1.82) is 0 Å². The lowest BCUT2D eigenvalue weighted by molar-refractivity contribution is 0.413. The van der Waals surface area contributed by atoms with Gasteiger partial charge in [-0.15, -0.1) is 0 Å². The van der Waals surface area contributed by atoms with Gasteiger partial charge in [0.1, 0.15) is 17.3 Å². The Morgan fingerprint density at radius 1 is 1.22 bits per heavy atom. The molecule has 1 aromatic carbocycles. The van der Waals surface area contributed by atoms with Crippen LogP contribution in [0.15, 0.2) is 41.7 Å². The standard InChI is InChI=1S/C14H15N3O/c1-11-5-3-6-12(14(11)18-2)15-10-7-13-16-8-4-9-17-13/h3-6,8-10H,7H2,1-2H3. The quantitative estimate of drug-likeness (QED) is 0.773. The molecule has 18 heavy (non-hydrogen) atoms. The Bertz CT molecular complexity index is 538. The summed E-state index contributed by atoms with van der Waals surface area (Å²) in [5.74, 6) is 1.57. The molecule has 0 bridgehead atoms. The van der Waals surface area contributed by atoms with E-state index in [4.69, 9.17) is 4.74 Å². The average molecular weight is 241 g/mol. The minimum atomic E-state index is 0.609. The van der Waals surface area contributed by atoms with Crippen molar-refractivity contribution < 1.29 is 4.74 Å². The zero-order valence-electron chi connectivity index (χ0n) is 10.5. The van der Waals surface area contributed by atoms with E-state index in [9.17, 15) is 0 Å². The predicted octanol–water partition coefficient (Wildman–Crippen LogP) is 2.74. The Hall–Kier alpha value is -2.23. The molecule has 2 rings (SSSR count). The normalized spacial score (nSPS) is 10.8. The van der Waals surface area contributed by atoms with E-state index in [1.165, 1.54) is 0 Å². The first-order chi connectivity index (χ1) is 8.81. The summed E-state index contributed by atoms with van der Waals surface area (Å²) in [7, 11) is 1.65. The lowest BCUT2D eigenvalue weighted by Crippen LogP contribution is -1.94. The Kier molecular flexibility index (Phi) is 4.02. The van der Waals surface area contributed by atoms with Crippen LogP contribution in [0, 0.1) is 6.92 Å². The van der Waals surface area contributed by atoms with Crippen molar-refractivity contribution in [1.82, 2.24) is 9.97 Å². The van der Waals surface area contributed by atoms with Crippen LogP contribution in [0.1, 0.15) is 11.4 Å². The second-order valence-corrected chi connectivity index (χ2v) is 3.81. The number of aromatic nitrogens is 2. The van der Waals surface area contributed by atoms with Gasteiger partial charge in [-0.1, -0.05) is 12.1 Å². The summed E-state index contributed by atoms with van der Waals surface area (Å²) in [6, 6.07) is 7.68. The number of para-hydroxylation sites is 1. The van der Waals surface area contributed by atoms with Gasteiger partial charge in [0.05, 0.1) is 7.11 Å². The van der Waals surface area contributed by atoms with Crippen LogP contribution in [0.25, 0.3) is 0 Å². The summed E-state index contributed by atoms with van der Waals surface area (Å²) in [5.41, 5.74) is 1.90. The van der Waals surface area contributed by atoms with Gasteiger partial charge in [0.2, 0.25) is 0 Å². The van der Waals surface area contributed by atoms with Crippen LogP contribution in [0.4, 0.5) is 5.69 Å². The molecule has 4 heteroatoms. The monoisotopic (exact) mass is 241 g/mol. The minimum absolute atomic E-state index is 0.609. The van der Waals surface area contributed by atoms with Gasteiger partial charge in [-0.2, -0.15) is 0 Å². The fourth-order valence-corrected chi connectivity index (χ4v) is 1.67. The highest BCUT2D eigenvalue weighted by Crippen LogP contribution is 2.30. The van der Waals surface area contributed by atoms with Crippen molar-refractivity contribution >= 4 is 11.9 Å². The number of methoxy groups -OCH3 is 1. The van der Waals surface area contributed by atoms with Crippen LogP contribution in [0.5, 0.6) is 5.75 Å². The maximum atomic E-state index is 5.33. The summed E-state index contributed by atoms with van der Waals surface area (Å²) in [6.45, 7) is 2.00. The highest BCUT2D eigenvalue weighted by molar-refractivity contribution is 5.68. The molecule has 0 unspecified atom stereocenters. The van der Waals surface area contributed by atoms with E-state index in [2.05, 4.69) is 15.0 Å². The molecule has 0 aliphatic rings. The predicted molar refractivity (Wildman–Crippen MR) is 71.6 cm³/mol. The van der Waals surface area contributed by atoms with Crippen molar-refractivity contribution in [2.75, 3.05) is 7.11 Å². The zero-order chi connectivity index (χ0) is 12.8. The minimum Gasteiger partial charge on any atom is -0.494 e. The number of aryl methyl sites for hydroxylation is 1. The first-order valence-electron chi connectivity index (χ1n) is 5.73. The number of aliphatic imine (C=N–C) groups is 1. The maximum absolute atomic E-state index is 5.33. The number of rotatable bonds is 4. The number of ether oxygens (including phenoxy) is 1. The van der Waals surface area contributed by atoms with Gasteiger partial charge in [-0.25, -0.2) is 9.97 Å². The highest BCUT2D eigenvalue weighted by Gasteiger charge is 2.03. The summed E-state index contributed by atoms with van der Waals surface area (Å²) in [6.07, 6.45) is 5.86. The molecule has 1 aromatic heterocycles. The molecule has 0 aliphatic heterocycles. The first-order valence-corrected chi connectivity index (χ1v) is 5.73. The molecule has 4 nitrogen and oxygen atoms in total. The van der Waals surface area contributed by atoms with E-state index in [-0.39, 0.29) is 0 Å². The Balaban J connectivity index is 2.12. The van der Waals surface area contributed by atoms with E-state index >= 15 is 0 Å². The topological polar surface area (TPSA) is 47.4 Å². The van der Waals surface area contributed by atoms with Crippen molar-refractivity contribution in [2.24, 2.45) is 4.99 Å². The van der Waals surface area contributed by atoms with Crippen LogP contribution in [0.2, 0.25) is 0 Å². The molecular formula is C14H15N3O. The van der Waals surface area contributed by atoms with E-state index in [1.54, 1.807) is 31.8 Å². The van der Waals surface area contributed by atoms with Crippen LogP contribution >= 0.6 is 0 Å². The zero-order valence-corrected chi connectivity index (χ0v) is 10.5. The molecule has 0 spiro atoms. The maximum Gasteiger partial charge on any atom is 0.147 e. The van der Waals surface area contributed by atoms with Gasteiger partial charge in [-0.05, 0) is 24.6 Å². The Morgan fingerprint density at radius 2 is 2.00 bits per heavy atom. The number of nitrogens with zero attached hydrogens (tertiary/aromatic N) is 3. The second-order valence-electron chi connectivity index (χ2n) is 3.81. The van der Waals surface area contributed by atoms with Gasteiger partial charge in [-0.3, -0.25) is 4.99 Å². The number of benzene rings is 1. The van der Waals surface area contributed by atoms with Crippen LogP contribution in [-0.4, -0.2) is 23.3 Å². The second kappa shape index (κ2) is 5.91. The summed E-state index contributed by atoms with van der Waals surface area (Å²) in [5, 5.41) is 0. The van der Waals surface area contributed by atoms with Crippen LogP contribution < -0.4 is 4.74 Å². The van der Waals surface area contributed by atoms with Gasteiger partial charge in [0.15, 0.2) is 0 Å². The van der Waals surface area contributed by atoms with Crippen LogP contribution in [0.3, 0.4) is 0 Å². The van der Waals surface area contributed by atoms with E-state index in [0.29, 0.717) is 6.42 Å². The first kappa shape index (κ1) is 12.2. The molecule has 1 heterocycles. The van der Waals surface area contributed by atoms with Gasteiger partial charge < -0.3 is 4.74 Å². The number of hydrogen-bond donors (Lipinski definition) is 0. The molecule has 0 atom stereocenters. The lowest BCUT2D eigenvalue weighted by Gasteiger charge is -2.06. The molecule has 0 saturated heterocycles. The summed E-state index contributed by atoms with van der Waals surface area (Å²) >= 11 is 0.